The molecule has 0 aromatic heterocycles. The molecular formula is C11H7BrO2. The molecule has 0 atom stereocenters. The van der Waals surface area contributed by atoms with Gasteiger partial charge in [0, 0.05) is 21.2 Å². The first-order valence-corrected chi connectivity index (χ1v) is 4.96. The predicted molar refractivity (Wildman–Crippen MR) is 56.6 cm³/mol. The summed E-state index contributed by atoms with van der Waals surface area (Å²) in [4.78, 5) is 23.2. The third kappa shape index (κ3) is 1.34. The Labute approximate surface area is 89.8 Å². The minimum atomic E-state index is -0.0930. The number of Topliss-reactive ketones (excluding diaryl/α,β-unsaturated/α-hetero) is 1. The lowest BCUT2D eigenvalue weighted by Gasteiger charge is -2.12. The first kappa shape index (κ1) is 9.34. The van der Waals surface area contributed by atoms with Crippen molar-refractivity contribution in [1.29, 1.82) is 0 Å². The van der Waals surface area contributed by atoms with E-state index in [0.29, 0.717) is 16.7 Å². The van der Waals surface area contributed by atoms with Gasteiger partial charge < -0.3 is 0 Å². The van der Waals surface area contributed by atoms with Gasteiger partial charge in [-0.25, -0.2) is 0 Å². The summed E-state index contributed by atoms with van der Waals surface area (Å²) < 4.78 is 0.812. The van der Waals surface area contributed by atoms with Gasteiger partial charge in [0.2, 0.25) is 0 Å². The van der Waals surface area contributed by atoms with Crippen LogP contribution in [0.15, 0.2) is 34.3 Å². The van der Waals surface area contributed by atoms with Crippen LogP contribution in [0.25, 0.3) is 0 Å². The van der Waals surface area contributed by atoms with Gasteiger partial charge in [0.1, 0.15) is 0 Å². The zero-order valence-corrected chi connectivity index (χ0v) is 9.09. The van der Waals surface area contributed by atoms with E-state index in [1.165, 1.54) is 6.08 Å². The summed E-state index contributed by atoms with van der Waals surface area (Å²) in [6.07, 6.45) is 1.39. The van der Waals surface area contributed by atoms with Crippen molar-refractivity contribution in [1.82, 2.24) is 0 Å². The van der Waals surface area contributed by atoms with Crippen molar-refractivity contribution in [3.05, 3.63) is 45.4 Å². The molecule has 0 bridgehead atoms. The largest absolute Gasteiger partial charge is 0.289 e. The van der Waals surface area contributed by atoms with Gasteiger partial charge >= 0.3 is 0 Å². The van der Waals surface area contributed by atoms with Crippen LogP contribution in [0.3, 0.4) is 0 Å². The molecule has 0 spiro atoms. The Bertz CT molecular complexity index is 472. The molecule has 0 radical (unpaired) electrons. The van der Waals surface area contributed by atoms with Crippen molar-refractivity contribution in [2.24, 2.45) is 0 Å². The van der Waals surface area contributed by atoms with Gasteiger partial charge in [0.05, 0.1) is 0 Å². The molecule has 0 saturated heterocycles. The van der Waals surface area contributed by atoms with E-state index >= 15 is 0 Å². The highest BCUT2D eigenvalue weighted by Crippen LogP contribution is 2.24. The van der Waals surface area contributed by atoms with Gasteiger partial charge in [-0.05, 0) is 31.2 Å². The highest BCUT2D eigenvalue weighted by atomic mass is 79.9. The molecule has 0 saturated carbocycles. The standard InChI is InChI=1S/C11H7BrO2/c1-6-4-10(13)8-3-2-7(12)5-9(8)11(6)14/h2-5H,1H3. The second-order valence-electron chi connectivity index (χ2n) is 3.21. The van der Waals surface area contributed by atoms with E-state index in [0.717, 1.165) is 4.47 Å². The first-order chi connectivity index (χ1) is 6.59. The van der Waals surface area contributed by atoms with Crippen LogP contribution in [0.1, 0.15) is 27.6 Å². The quantitative estimate of drug-likeness (QED) is 0.710. The SMILES string of the molecule is CC1=CC(=O)c2ccc(Br)cc2C1=O. The van der Waals surface area contributed by atoms with Crippen molar-refractivity contribution < 1.29 is 9.59 Å². The van der Waals surface area contributed by atoms with Gasteiger partial charge in [0.15, 0.2) is 11.6 Å². The van der Waals surface area contributed by atoms with Crippen molar-refractivity contribution in [3.8, 4) is 0 Å². The van der Waals surface area contributed by atoms with Crippen LogP contribution >= 0.6 is 15.9 Å². The van der Waals surface area contributed by atoms with E-state index in [-0.39, 0.29) is 11.6 Å². The molecule has 0 aliphatic heterocycles. The molecule has 2 nitrogen and oxygen atoms in total. The molecule has 0 heterocycles. The van der Waals surface area contributed by atoms with Gasteiger partial charge in [-0.15, -0.1) is 0 Å². The number of benzene rings is 1. The topological polar surface area (TPSA) is 34.1 Å². The van der Waals surface area contributed by atoms with Gasteiger partial charge in [-0.3, -0.25) is 9.59 Å². The molecule has 3 heteroatoms. The summed E-state index contributed by atoms with van der Waals surface area (Å²) in [6.45, 7) is 1.66. The summed E-state index contributed by atoms with van der Waals surface area (Å²) >= 11 is 3.27. The Kier molecular flexibility index (Phi) is 2.11. The summed E-state index contributed by atoms with van der Waals surface area (Å²) in [5.41, 5.74) is 1.48. The minimum absolute atomic E-state index is 0.0686. The number of carbonyl (C=O) groups excluding carboxylic acids is 2. The number of ketones is 2. The van der Waals surface area contributed by atoms with Crippen LogP contribution in [-0.4, -0.2) is 11.6 Å². The molecule has 0 fully saturated rings. The molecule has 0 unspecified atom stereocenters. The summed E-state index contributed by atoms with van der Waals surface area (Å²) in [6, 6.07) is 5.12. The molecule has 14 heavy (non-hydrogen) atoms. The Morgan fingerprint density at radius 3 is 2.57 bits per heavy atom. The maximum absolute atomic E-state index is 11.7. The van der Waals surface area contributed by atoms with Crippen molar-refractivity contribution in [2.75, 3.05) is 0 Å². The second kappa shape index (κ2) is 3.17. The summed E-state index contributed by atoms with van der Waals surface area (Å²) in [7, 11) is 0. The monoisotopic (exact) mass is 250 g/mol. The Morgan fingerprint density at radius 1 is 1.14 bits per heavy atom. The number of fused-ring (bicyclic) bond motifs is 1. The van der Waals surface area contributed by atoms with Crippen LogP contribution in [0.4, 0.5) is 0 Å². The fourth-order valence-corrected chi connectivity index (χ4v) is 1.83. The molecule has 1 aliphatic carbocycles. The second-order valence-corrected chi connectivity index (χ2v) is 4.13. The van der Waals surface area contributed by atoms with E-state index in [2.05, 4.69) is 15.9 Å². The van der Waals surface area contributed by atoms with Crippen LogP contribution in [-0.2, 0) is 0 Å². The average Bonchev–Trinajstić information content (AvgIpc) is 2.14. The van der Waals surface area contributed by atoms with Gasteiger partial charge in [-0.2, -0.15) is 0 Å². The van der Waals surface area contributed by atoms with Crippen LogP contribution < -0.4 is 0 Å². The molecule has 1 aromatic rings. The lowest BCUT2D eigenvalue weighted by atomic mass is 9.90. The van der Waals surface area contributed by atoms with E-state index in [1.54, 1.807) is 25.1 Å². The maximum atomic E-state index is 11.7. The van der Waals surface area contributed by atoms with E-state index in [9.17, 15) is 9.59 Å². The smallest absolute Gasteiger partial charge is 0.189 e. The molecular weight excluding hydrogens is 244 g/mol. The zero-order valence-electron chi connectivity index (χ0n) is 7.50. The van der Waals surface area contributed by atoms with Crippen molar-refractivity contribution in [3.63, 3.8) is 0 Å². The molecule has 70 valence electrons. The Balaban J connectivity index is 2.69. The zero-order chi connectivity index (χ0) is 10.3. The number of hydrogen-bond donors (Lipinski definition) is 0. The van der Waals surface area contributed by atoms with Crippen LogP contribution in [0, 0.1) is 0 Å². The lowest BCUT2D eigenvalue weighted by Crippen LogP contribution is -2.15. The predicted octanol–water partition coefficient (Wildman–Crippen LogP) is 2.77. The van der Waals surface area contributed by atoms with Crippen molar-refractivity contribution in [2.45, 2.75) is 6.92 Å². The lowest BCUT2D eigenvalue weighted by molar-refractivity contribution is 0.0984. The van der Waals surface area contributed by atoms with E-state index in [4.69, 9.17) is 0 Å². The molecule has 1 aromatic carbocycles. The van der Waals surface area contributed by atoms with Gasteiger partial charge in [0.25, 0.3) is 0 Å². The van der Waals surface area contributed by atoms with Crippen molar-refractivity contribution >= 4 is 27.5 Å². The Morgan fingerprint density at radius 2 is 1.86 bits per heavy atom. The fourth-order valence-electron chi connectivity index (χ4n) is 1.47. The van der Waals surface area contributed by atoms with Crippen LogP contribution in [0.2, 0.25) is 0 Å². The highest BCUT2D eigenvalue weighted by Gasteiger charge is 2.22. The molecule has 0 amide bonds. The third-order valence-corrected chi connectivity index (χ3v) is 2.69. The van der Waals surface area contributed by atoms with Gasteiger partial charge in [-0.1, -0.05) is 15.9 Å². The number of halogens is 1. The maximum Gasteiger partial charge on any atom is 0.189 e. The highest BCUT2D eigenvalue weighted by molar-refractivity contribution is 9.10. The summed E-state index contributed by atoms with van der Waals surface area (Å²) in [5.74, 6) is -0.162. The molecule has 2 rings (SSSR count). The average molecular weight is 251 g/mol. The summed E-state index contributed by atoms with van der Waals surface area (Å²) in [5, 5.41) is 0. The minimum Gasteiger partial charge on any atom is -0.289 e. The molecule has 1 aliphatic rings. The third-order valence-electron chi connectivity index (χ3n) is 2.20. The fraction of sp³-hybridized carbons (Fsp3) is 0.0909. The Hall–Kier alpha value is -1.22. The number of carbonyl (C=O) groups is 2. The number of allylic oxidation sites excluding steroid dienone is 2. The number of rotatable bonds is 0. The molecule has 0 N–H and O–H groups in total. The van der Waals surface area contributed by atoms with E-state index < -0.39 is 0 Å². The number of hydrogen-bond acceptors (Lipinski definition) is 2. The normalized spacial score (nSPS) is 15.1. The van der Waals surface area contributed by atoms with Crippen LogP contribution in [0.5, 0.6) is 0 Å². The van der Waals surface area contributed by atoms with E-state index in [1.807, 2.05) is 0 Å². The first-order valence-electron chi connectivity index (χ1n) is 4.16.